The van der Waals surface area contributed by atoms with E-state index < -0.39 is 0 Å². The molecule has 18 heavy (non-hydrogen) atoms. The first-order valence-corrected chi connectivity index (χ1v) is 6.19. The summed E-state index contributed by atoms with van der Waals surface area (Å²) < 4.78 is 6.52. The predicted molar refractivity (Wildman–Crippen MR) is 70.6 cm³/mol. The minimum atomic E-state index is 0.211. The first-order chi connectivity index (χ1) is 8.70. The Balaban J connectivity index is 2.12. The molecule has 0 fully saturated rings. The summed E-state index contributed by atoms with van der Waals surface area (Å²) in [7, 11) is 0. The fraction of sp³-hybridized carbons (Fsp3) is 0.300. The number of nitrogens with one attached hydrogen (secondary N) is 1. The fourth-order valence-corrected chi connectivity index (χ4v) is 1.86. The molecule has 1 aromatic heterocycles. The molecule has 0 saturated heterocycles. The molecule has 1 aromatic carbocycles. The van der Waals surface area contributed by atoms with E-state index in [1.165, 1.54) is 4.79 Å². The van der Waals surface area contributed by atoms with Crippen molar-refractivity contribution in [3.63, 3.8) is 0 Å². The molecule has 3 N–H and O–H groups in total. The number of anilines is 1. The Labute approximate surface area is 112 Å². The van der Waals surface area contributed by atoms with Crippen molar-refractivity contribution < 1.29 is 4.74 Å². The van der Waals surface area contributed by atoms with Gasteiger partial charge in [-0.3, -0.25) is 0 Å². The van der Waals surface area contributed by atoms with Crippen molar-refractivity contribution in [3.8, 4) is 5.75 Å². The summed E-state index contributed by atoms with van der Waals surface area (Å²) in [5.74, 6) is 1.03. The topological polar surface area (TPSA) is 90.9 Å². The second-order valence-corrected chi connectivity index (χ2v) is 4.38. The lowest BCUT2D eigenvalue weighted by Crippen LogP contribution is -2.18. The zero-order valence-corrected chi connectivity index (χ0v) is 11.4. The number of nitrogens with two attached hydrogens (primary N) is 1. The SMILES string of the molecule is CCOc1ccc(Br)cc1CNn1nnnc1N. The number of benzene rings is 1. The lowest BCUT2D eigenvalue weighted by atomic mass is 10.2. The highest BCUT2D eigenvalue weighted by atomic mass is 79.9. The Morgan fingerprint density at radius 2 is 2.33 bits per heavy atom. The normalized spacial score (nSPS) is 10.3. The maximum absolute atomic E-state index is 5.56. The number of rotatable bonds is 5. The highest BCUT2D eigenvalue weighted by Crippen LogP contribution is 2.23. The first kappa shape index (κ1) is 12.6. The quantitative estimate of drug-likeness (QED) is 0.861. The number of halogens is 1. The molecule has 8 heteroatoms. The van der Waals surface area contributed by atoms with E-state index in [0.29, 0.717) is 13.2 Å². The molecule has 0 unspecified atom stereocenters. The van der Waals surface area contributed by atoms with Gasteiger partial charge in [-0.25, -0.2) is 0 Å². The van der Waals surface area contributed by atoms with Crippen LogP contribution in [0.4, 0.5) is 5.95 Å². The number of tetrazole rings is 1. The average Bonchev–Trinajstić information content (AvgIpc) is 2.75. The van der Waals surface area contributed by atoms with Gasteiger partial charge in [0, 0.05) is 10.0 Å². The molecule has 0 aliphatic rings. The molecule has 0 spiro atoms. The summed E-state index contributed by atoms with van der Waals surface area (Å²) in [6.45, 7) is 3.06. The van der Waals surface area contributed by atoms with Crippen LogP contribution in [0.15, 0.2) is 22.7 Å². The van der Waals surface area contributed by atoms with Gasteiger partial charge in [-0.15, -0.1) is 4.79 Å². The Kier molecular flexibility index (Phi) is 3.98. The number of aromatic nitrogens is 4. The third-order valence-corrected chi connectivity index (χ3v) is 2.73. The Morgan fingerprint density at radius 1 is 1.50 bits per heavy atom. The van der Waals surface area contributed by atoms with E-state index >= 15 is 0 Å². The molecule has 1 heterocycles. The zero-order valence-electron chi connectivity index (χ0n) is 9.80. The minimum absolute atomic E-state index is 0.211. The summed E-state index contributed by atoms with van der Waals surface area (Å²) in [6.07, 6.45) is 0. The van der Waals surface area contributed by atoms with Crippen molar-refractivity contribution in [2.45, 2.75) is 13.5 Å². The van der Waals surface area contributed by atoms with Crippen LogP contribution in [0.2, 0.25) is 0 Å². The van der Waals surface area contributed by atoms with Gasteiger partial charge in [-0.1, -0.05) is 21.0 Å². The Hall–Kier alpha value is -1.83. The smallest absolute Gasteiger partial charge is 0.260 e. The van der Waals surface area contributed by atoms with Crippen molar-refractivity contribution in [3.05, 3.63) is 28.2 Å². The van der Waals surface area contributed by atoms with E-state index in [2.05, 4.69) is 36.9 Å². The first-order valence-electron chi connectivity index (χ1n) is 5.39. The maximum Gasteiger partial charge on any atom is 0.260 e. The van der Waals surface area contributed by atoms with Crippen molar-refractivity contribution in [2.24, 2.45) is 0 Å². The lowest BCUT2D eigenvalue weighted by Gasteiger charge is -2.12. The summed E-state index contributed by atoms with van der Waals surface area (Å²) >= 11 is 3.43. The molecule has 96 valence electrons. The van der Waals surface area contributed by atoms with Crippen LogP contribution >= 0.6 is 15.9 Å². The predicted octanol–water partition coefficient (Wildman–Crippen LogP) is 1.16. The number of hydrogen-bond donors (Lipinski definition) is 2. The van der Waals surface area contributed by atoms with Crippen LogP contribution in [0.25, 0.3) is 0 Å². The maximum atomic E-state index is 5.56. The van der Waals surface area contributed by atoms with Crippen LogP contribution in [-0.2, 0) is 6.54 Å². The second-order valence-electron chi connectivity index (χ2n) is 3.47. The summed E-state index contributed by atoms with van der Waals surface area (Å²) in [4.78, 5) is 1.32. The Morgan fingerprint density at radius 3 is 3.00 bits per heavy atom. The van der Waals surface area contributed by atoms with Crippen LogP contribution in [0.1, 0.15) is 12.5 Å². The van der Waals surface area contributed by atoms with Gasteiger partial charge in [-0.05, 0) is 35.5 Å². The molecule has 0 bridgehead atoms. The molecule has 0 aliphatic heterocycles. The summed E-state index contributed by atoms with van der Waals surface area (Å²) in [5, 5.41) is 10.7. The van der Waals surface area contributed by atoms with Gasteiger partial charge in [0.15, 0.2) is 0 Å². The number of nitrogen functional groups attached to an aromatic ring is 1. The highest BCUT2D eigenvalue weighted by Gasteiger charge is 2.06. The zero-order chi connectivity index (χ0) is 13.0. The van der Waals surface area contributed by atoms with E-state index in [-0.39, 0.29) is 5.95 Å². The van der Waals surface area contributed by atoms with E-state index in [0.717, 1.165) is 15.8 Å². The molecule has 0 aliphatic carbocycles. The van der Waals surface area contributed by atoms with Crippen LogP contribution in [0.5, 0.6) is 5.75 Å². The van der Waals surface area contributed by atoms with Gasteiger partial charge in [0.25, 0.3) is 5.95 Å². The lowest BCUT2D eigenvalue weighted by molar-refractivity contribution is 0.336. The largest absolute Gasteiger partial charge is 0.494 e. The standard InChI is InChI=1S/C10H13BrN6O/c1-2-18-9-4-3-8(11)5-7(9)6-13-17-10(12)14-15-16-17/h3-5,13H,2,6H2,1H3,(H2,12,14,16). The van der Waals surface area contributed by atoms with Gasteiger partial charge < -0.3 is 15.9 Å². The summed E-state index contributed by atoms with van der Waals surface area (Å²) in [6, 6.07) is 5.81. The second kappa shape index (κ2) is 5.67. The van der Waals surface area contributed by atoms with Crippen molar-refractivity contribution >= 4 is 21.9 Å². The highest BCUT2D eigenvalue weighted by molar-refractivity contribution is 9.10. The van der Waals surface area contributed by atoms with Gasteiger partial charge in [-0.2, -0.15) is 0 Å². The molecule has 7 nitrogen and oxygen atoms in total. The molecule has 2 rings (SSSR count). The van der Waals surface area contributed by atoms with Crippen LogP contribution in [-0.4, -0.2) is 26.9 Å². The van der Waals surface area contributed by atoms with Gasteiger partial charge in [0.2, 0.25) is 0 Å². The third-order valence-electron chi connectivity index (χ3n) is 2.24. The monoisotopic (exact) mass is 312 g/mol. The van der Waals surface area contributed by atoms with Gasteiger partial charge in [0.05, 0.1) is 13.2 Å². The molecular weight excluding hydrogens is 300 g/mol. The van der Waals surface area contributed by atoms with Gasteiger partial charge >= 0.3 is 0 Å². The van der Waals surface area contributed by atoms with E-state index in [9.17, 15) is 0 Å². The number of hydrogen-bond acceptors (Lipinski definition) is 6. The average molecular weight is 313 g/mol. The summed E-state index contributed by atoms with van der Waals surface area (Å²) in [5.41, 5.74) is 9.53. The Bertz CT molecular complexity index is 529. The van der Waals surface area contributed by atoms with Gasteiger partial charge in [0.1, 0.15) is 5.75 Å². The van der Waals surface area contributed by atoms with Crippen LogP contribution in [0.3, 0.4) is 0 Å². The van der Waals surface area contributed by atoms with Crippen molar-refractivity contribution in [1.29, 1.82) is 0 Å². The third kappa shape index (κ3) is 2.89. The van der Waals surface area contributed by atoms with E-state index in [1.54, 1.807) is 0 Å². The number of ether oxygens (including phenoxy) is 1. The van der Waals surface area contributed by atoms with Crippen LogP contribution < -0.4 is 15.9 Å². The molecule has 2 aromatic rings. The van der Waals surface area contributed by atoms with E-state index in [4.69, 9.17) is 10.5 Å². The van der Waals surface area contributed by atoms with Crippen molar-refractivity contribution in [1.82, 2.24) is 20.3 Å². The minimum Gasteiger partial charge on any atom is -0.494 e. The van der Waals surface area contributed by atoms with Crippen LogP contribution in [0, 0.1) is 0 Å². The molecular formula is C10H13BrN6O. The molecule has 0 atom stereocenters. The molecule has 0 saturated carbocycles. The van der Waals surface area contributed by atoms with E-state index in [1.807, 2.05) is 25.1 Å². The fourth-order valence-electron chi connectivity index (χ4n) is 1.45. The van der Waals surface area contributed by atoms with Crippen molar-refractivity contribution in [2.75, 3.05) is 17.8 Å². The molecule has 0 radical (unpaired) electrons. The molecule has 0 amide bonds. The number of nitrogens with zero attached hydrogens (tertiary/aromatic N) is 4.